The Morgan fingerprint density at radius 1 is 1.00 bits per heavy atom. The normalized spacial score (nSPS) is 11.4. The van der Waals surface area contributed by atoms with E-state index in [9.17, 15) is 0 Å². The molecule has 3 heteroatoms. The van der Waals surface area contributed by atoms with Gasteiger partial charge < -0.3 is 15.0 Å². The first-order valence-corrected chi connectivity index (χ1v) is 7.66. The molecule has 0 bridgehead atoms. The van der Waals surface area contributed by atoms with Crippen LogP contribution in [0.25, 0.3) is 10.8 Å². The Morgan fingerprint density at radius 2 is 1.81 bits per heavy atom. The molecule has 0 atom stereocenters. The lowest BCUT2D eigenvalue weighted by molar-refractivity contribution is 0.198. The minimum atomic E-state index is 0.777. The zero-order chi connectivity index (χ0) is 14.9. The second-order valence-electron chi connectivity index (χ2n) is 5.43. The van der Waals surface area contributed by atoms with Gasteiger partial charge in [-0.3, -0.25) is 0 Å². The molecule has 2 aromatic carbocycles. The van der Waals surface area contributed by atoms with Gasteiger partial charge in [-0.1, -0.05) is 42.5 Å². The number of nitrogens with one attached hydrogen (secondary N) is 1. The third-order valence-corrected chi connectivity index (χ3v) is 3.80. The van der Waals surface area contributed by atoms with Gasteiger partial charge in [0, 0.05) is 33.3 Å². The third kappa shape index (κ3) is 5.12. The van der Waals surface area contributed by atoms with E-state index < -0.39 is 0 Å². The highest BCUT2D eigenvalue weighted by Crippen LogP contribution is 2.18. The lowest BCUT2D eigenvalue weighted by Crippen LogP contribution is -2.32. The third-order valence-electron chi connectivity index (χ3n) is 3.80. The molecule has 0 fully saturated rings. The van der Waals surface area contributed by atoms with E-state index in [0.29, 0.717) is 0 Å². The molecule has 0 heterocycles. The first kappa shape index (κ1) is 16.0. The van der Waals surface area contributed by atoms with Gasteiger partial charge >= 0.3 is 0 Å². The first-order valence-electron chi connectivity index (χ1n) is 7.66. The van der Waals surface area contributed by atoms with Gasteiger partial charge in [0.2, 0.25) is 0 Å². The average molecular weight is 286 g/mol. The zero-order valence-electron chi connectivity index (χ0n) is 13.1. The summed E-state index contributed by atoms with van der Waals surface area (Å²) in [7, 11) is 3.92. The van der Waals surface area contributed by atoms with Crippen LogP contribution in [0.2, 0.25) is 0 Å². The number of fused-ring (bicyclic) bond motifs is 1. The highest BCUT2D eigenvalue weighted by atomic mass is 16.5. The lowest BCUT2D eigenvalue weighted by Gasteiger charge is -2.17. The van der Waals surface area contributed by atoms with Crippen LogP contribution in [0.3, 0.4) is 0 Å². The predicted octanol–water partition coefficient (Wildman–Crippen LogP) is 2.55. The molecule has 0 amide bonds. The monoisotopic (exact) mass is 286 g/mol. The fourth-order valence-corrected chi connectivity index (χ4v) is 2.50. The minimum absolute atomic E-state index is 0.777. The smallest absolute Gasteiger partial charge is 0.0587 e. The SMILES string of the molecule is COCCNCCN(C)CCc1cccc2ccccc12. The molecule has 0 saturated carbocycles. The standard InChI is InChI=1S/C18H26N2O/c1-20(14-11-19-12-15-21-2)13-10-17-8-5-7-16-6-3-4-9-18(16)17/h3-9,19H,10-15H2,1-2H3. The van der Waals surface area contributed by atoms with Crippen LogP contribution in [0, 0.1) is 0 Å². The Balaban J connectivity index is 1.79. The minimum Gasteiger partial charge on any atom is -0.383 e. The maximum absolute atomic E-state index is 5.02. The van der Waals surface area contributed by atoms with E-state index in [1.165, 1.54) is 16.3 Å². The van der Waals surface area contributed by atoms with E-state index in [2.05, 4.69) is 59.7 Å². The molecule has 0 aliphatic rings. The molecular weight excluding hydrogens is 260 g/mol. The highest BCUT2D eigenvalue weighted by Gasteiger charge is 2.03. The Hall–Kier alpha value is -1.42. The number of rotatable bonds is 9. The molecule has 114 valence electrons. The molecule has 0 unspecified atom stereocenters. The van der Waals surface area contributed by atoms with Crippen molar-refractivity contribution in [2.45, 2.75) is 6.42 Å². The van der Waals surface area contributed by atoms with Gasteiger partial charge in [0.05, 0.1) is 6.61 Å². The molecular formula is C18H26N2O. The van der Waals surface area contributed by atoms with Crippen molar-refractivity contribution in [3.63, 3.8) is 0 Å². The van der Waals surface area contributed by atoms with Crippen LogP contribution >= 0.6 is 0 Å². The average Bonchev–Trinajstić information content (AvgIpc) is 2.52. The van der Waals surface area contributed by atoms with Gasteiger partial charge in [-0.15, -0.1) is 0 Å². The predicted molar refractivity (Wildman–Crippen MR) is 89.9 cm³/mol. The van der Waals surface area contributed by atoms with Crippen molar-refractivity contribution >= 4 is 10.8 Å². The second kappa shape index (κ2) is 8.78. The van der Waals surface area contributed by atoms with E-state index in [-0.39, 0.29) is 0 Å². The van der Waals surface area contributed by atoms with Gasteiger partial charge in [-0.25, -0.2) is 0 Å². The molecule has 0 aromatic heterocycles. The van der Waals surface area contributed by atoms with Crippen LogP contribution < -0.4 is 5.32 Å². The van der Waals surface area contributed by atoms with E-state index in [0.717, 1.165) is 39.2 Å². The van der Waals surface area contributed by atoms with Gasteiger partial charge in [0.25, 0.3) is 0 Å². The molecule has 0 aliphatic heterocycles. The topological polar surface area (TPSA) is 24.5 Å². The highest BCUT2D eigenvalue weighted by molar-refractivity contribution is 5.85. The van der Waals surface area contributed by atoms with Crippen molar-refractivity contribution in [3.8, 4) is 0 Å². The van der Waals surface area contributed by atoms with Crippen molar-refractivity contribution in [1.29, 1.82) is 0 Å². The van der Waals surface area contributed by atoms with Gasteiger partial charge in [0.15, 0.2) is 0 Å². The molecule has 0 radical (unpaired) electrons. The van der Waals surface area contributed by atoms with E-state index >= 15 is 0 Å². The Bertz CT molecular complexity index is 536. The van der Waals surface area contributed by atoms with Crippen LogP contribution in [-0.4, -0.2) is 51.8 Å². The maximum atomic E-state index is 5.02. The van der Waals surface area contributed by atoms with Crippen molar-refractivity contribution in [3.05, 3.63) is 48.0 Å². The number of likely N-dealkylation sites (N-methyl/N-ethyl adjacent to an activating group) is 1. The van der Waals surface area contributed by atoms with Crippen LogP contribution in [0.4, 0.5) is 0 Å². The summed E-state index contributed by atoms with van der Waals surface area (Å²) in [6, 6.07) is 15.2. The first-order chi connectivity index (χ1) is 10.3. The van der Waals surface area contributed by atoms with Gasteiger partial charge in [-0.2, -0.15) is 0 Å². The second-order valence-corrected chi connectivity index (χ2v) is 5.43. The zero-order valence-corrected chi connectivity index (χ0v) is 13.1. The van der Waals surface area contributed by atoms with E-state index in [1.807, 2.05) is 0 Å². The van der Waals surface area contributed by atoms with Gasteiger partial charge in [-0.05, 0) is 29.8 Å². The summed E-state index contributed by atoms with van der Waals surface area (Å²) in [6.45, 7) is 4.86. The van der Waals surface area contributed by atoms with Crippen molar-refractivity contribution in [2.24, 2.45) is 0 Å². The Kier molecular flexibility index (Phi) is 6.67. The summed E-state index contributed by atoms with van der Waals surface area (Å²) in [6.07, 6.45) is 1.09. The number of ether oxygens (including phenoxy) is 1. The van der Waals surface area contributed by atoms with Crippen LogP contribution in [-0.2, 0) is 11.2 Å². The molecule has 2 rings (SSSR count). The summed E-state index contributed by atoms with van der Waals surface area (Å²) < 4.78 is 5.02. The van der Waals surface area contributed by atoms with E-state index in [1.54, 1.807) is 7.11 Å². The molecule has 0 saturated heterocycles. The van der Waals surface area contributed by atoms with Crippen LogP contribution in [0.5, 0.6) is 0 Å². The van der Waals surface area contributed by atoms with Crippen molar-refractivity contribution in [2.75, 3.05) is 46.9 Å². The number of nitrogens with zero attached hydrogens (tertiary/aromatic N) is 1. The van der Waals surface area contributed by atoms with Crippen molar-refractivity contribution in [1.82, 2.24) is 10.2 Å². The lowest BCUT2D eigenvalue weighted by atomic mass is 10.0. The number of hydrogen-bond acceptors (Lipinski definition) is 3. The quantitative estimate of drug-likeness (QED) is 0.717. The fraction of sp³-hybridized carbons (Fsp3) is 0.444. The summed E-state index contributed by atoms with van der Waals surface area (Å²) in [5.74, 6) is 0. The molecule has 0 aliphatic carbocycles. The fourth-order valence-electron chi connectivity index (χ4n) is 2.50. The van der Waals surface area contributed by atoms with Gasteiger partial charge in [0.1, 0.15) is 0 Å². The molecule has 1 N–H and O–H groups in total. The Labute approximate surface area is 127 Å². The largest absolute Gasteiger partial charge is 0.383 e. The maximum Gasteiger partial charge on any atom is 0.0587 e. The molecule has 2 aromatic rings. The molecule has 0 spiro atoms. The molecule has 21 heavy (non-hydrogen) atoms. The summed E-state index contributed by atoms with van der Waals surface area (Å²) >= 11 is 0. The molecule has 3 nitrogen and oxygen atoms in total. The number of benzene rings is 2. The van der Waals surface area contributed by atoms with Crippen LogP contribution in [0.15, 0.2) is 42.5 Å². The number of hydrogen-bond donors (Lipinski definition) is 1. The van der Waals surface area contributed by atoms with E-state index in [4.69, 9.17) is 4.74 Å². The summed E-state index contributed by atoms with van der Waals surface area (Å²) in [5.41, 5.74) is 1.44. The Morgan fingerprint density at radius 3 is 2.67 bits per heavy atom. The summed E-state index contributed by atoms with van der Waals surface area (Å²) in [4.78, 5) is 2.38. The summed E-state index contributed by atoms with van der Waals surface area (Å²) in [5, 5.41) is 6.09. The van der Waals surface area contributed by atoms with Crippen LogP contribution in [0.1, 0.15) is 5.56 Å². The van der Waals surface area contributed by atoms with Crippen molar-refractivity contribution < 1.29 is 4.74 Å². The number of methoxy groups -OCH3 is 1.